The molecule has 1 aromatic carbocycles. The first-order valence-electron chi connectivity index (χ1n) is 6.82. The molecule has 0 spiro atoms. The molecular formula is C16H17N3O3. The second-order valence-electron chi connectivity index (χ2n) is 4.57. The monoisotopic (exact) mass is 299 g/mol. The summed E-state index contributed by atoms with van der Waals surface area (Å²) in [5.41, 5.74) is 0.630. The highest BCUT2D eigenvalue weighted by Crippen LogP contribution is 2.17. The van der Waals surface area contributed by atoms with Gasteiger partial charge in [0.15, 0.2) is 0 Å². The van der Waals surface area contributed by atoms with Crippen LogP contribution in [0.3, 0.4) is 0 Å². The Morgan fingerprint density at radius 2 is 2.27 bits per heavy atom. The zero-order valence-electron chi connectivity index (χ0n) is 12.3. The van der Waals surface area contributed by atoms with Gasteiger partial charge in [0.2, 0.25) is 0 Å². The quantitative estimate of drug-likeness (QED) is 0.888. The first kappa shape index (κ1) is 15.4. The van der Waals surface area contributed by atoms with Crippen LogP contribution in [0.15, 0.2) is 47.1 Å². The van der Waals surface area contributed by atoms with Crippen molar-refractivity contribution in [1.82, 2.24) is 4.90 Å². The summed E-state index contributed by atoms with van der Waals surface area (Å²) in [7, 11) is 1.57. The largest absolute Gasteiger partial charge is 0.497 e. The van der Waals surface area contributed by atoms with Gasteiger partial charge in [0, 0.05) is 18.3 Å². The lowest BCUT2D eigenvalue weighted by Crippen LogP contribution is -2.35. The minimum absolute atomic E-state index is 0.256. The SMILES string of the molecule is COc1cccc(NC(=O)N(CCC#N)Cc2ccco2)c1. The standard InChI is InChI=1S/C16H17N3O3/c1-21-14-6-2-5-13(11-14)18-16(20)19(9-4-8-17)12-15-7-3-10-22-15/h2-3,5-7,10-11H,4,9,12H2,1H3,(H,18,20). The van der Waals surface area contributed by atoms with Gasteiger partial charge in [-0.1, -0.05) is 6.07 Å². The molecule has 0 saturated carbocycles. The van der Waals surface area contributed by atoms with Crippen molar-refractivity contribution < 1.29 is 13.9 Å². The van der Waals surface area contributed by atoms with Crippen molar-refractivity contribution in [2.24, 2.45) is 0 Å². The molecule has 6 nitrogen and oxygen atoms in total. The van der Waals surface area contributed by atoms with Crippen LogP contribution < -0.4 is 10.1 Å². The van der Waals surface area contributed by atoms with E-state index in [0.29, 0.717) is 30.3 Å². The third-order valence-corrected chi connectivity index (χ3v) is 3.03. The molecule has 1 aromatic heterocycles. The zero-order chi connectivity index (χ0) is 15.8. The highest BCUT2D eigenvalue weighted by atomic mass is 16.5. The number of ether oxygens (including phenoxy) is 1. The Morgan fingerprint density at radius 3 is 2.95 bits per heavy atom. The summed E-state index contributed by atoms with van der Waals surface area (Å²) in [5.74, 6) is 1.33. The molecule has 6 heteroatoms. The van der Waals surface area contributed by atoms with Crippen LogP contribution in [0.1, 0.15) is 12.2 Å². The zero-order valence-corrected chi connectivity index (χ0v) is 12.3. The number of anilines is 1. The van der Waals surface area contributed by atoms with Gasteiger partial charge in [0.1, 0.15) is 11.5 Å². The van der Waals surface area contributed by atoms with Gasteiger partial charge in [-0.05, 0) is 24.3 Å². The molecule has 1 heterocycles. The maximum atomic E-state index is 12.4. The number of rotatable bonds is 6. The normalized spacial score (nSPS) is 9.82. The van der Waals surface area contributed by atoms with E-state index in [4.69, 9.17) is 14.4 Å². The Hall–Kier alpha value is -2.94. The van der Waals surface area contributed by atoms with E-state index in [1.54, 1.807) is 49.8 Å². The molecule has 0 aliphatic carbocycles. The first-order valence-corrected chi connectivity index (χ1v) is 6.82. The molecule has 0 atom stereocenters. The molecule has 0 fully saturated rings. The molecule has 0 radical (unpaired) electrons. The fourth-order valence-electron chi connectivity index (χ4n) is 1.93. The average Bonchev–Trinajstić information content (AvgIpc) is 3.04. The second-order valence-corrected chi connectivity index (χ2v) is 4.57. The highest BCUT2D eigenvalue weighted by Gasteiger charge is 2.15. The number of hydrogen-bond acceptors (Lipinski definition) is 4. The number of carbonyl (C=O) groups is 1. The van der Waals surface area contributed by atoms with Crippen molar-refractivity contribution in [3.8, 4) is 11.8 Å². The van der Waals surface area contributed by atoms with E-state index in [1.807, 2.05) is 6.07 Å². The van der Waals surface area contributed by atoms with Gasteiger partial charge in [-0.2, -0.15) is 5.26 Å². The Balaban J connectivity index is 2.05. The first-order chi connectivity index (χ1) is 10.7. The fourth-order valence-corrected chi connectivity index (χ4v) is 1.93. The van der Waals surface area contributed by atoms with Gasteiger partial charge in [-0.3, -0.25) is 0 Å². The summed E-state index contributed by atoms with van der Waals surface area (Å²) in [6.07, 6.45) is 1.81. The molecule has 0 aliphatic heterocycles. The summed E-state index contributed by atoms with van der Waals surface area (Å²) in [6.45, 7) is 0.636. The van der Waals surface area contributed by atoms with Gasteiger partial charge in [-0.15, -0.1) is 0 Å². The molecule has 0 aliphatic rings. The average molecular weight is 299 g/mol. The van der Waals surface area contributed by atoms with Crippen molar-refractivity contribution in [2.45, 2.75) is 13.0 Å². The highest BCUT2D eigenvalue weighted by molar-refractivity contribution is 5.89. The van der Waals surface area contributed by atoms with Crippen molar-refractivity contribution >= 4 is 11.7 Å². The van der Waals surface area contributed by atoms with Gasteiger partial charge in [-0.25, -0.2) is 4.79 Å². The predicted octanol–water partition coefficient (Wildman–Crippen LogP) is 3.24. The number of nitriles is 1. The van der Waals surface area contributed by atoms with E-state index in [9.17, 15) is 4.79 Å². The summed E-state index contributed by atoms with van der Waals surface area (Å²) in [6, 6.07) is 12.4. The van der Waals surface area contributed by atoms with Crippen LogP contribution in [0.4, 0.5) is 10.5 Å². The number of benzene rings is 1. The van der Waals surface area contributed by atoms with Crippen LogP contribution in [-0.4, -0.2) is 24.6 Å². The molecule has 2 amide bonds. The number of carbonyl (C=O) groups excluding carboxylic acids is 1. The Morgan fingerprint density at radius 1 is 1.41 bits per heavy atom. The van der Waals surface area contributed by atoms with Gasteiger partial charge < -0.3 is 19.4 Å². The molecular weight excluding hydrogens is 282 g/mol. The predicted molar refractivity (Wildman–Crippen MR) is 81.4 cm³/mol. The van der Waals surface area contributed by atoms with Crippen LogP contribution >= 0.6 is 0 Å². The minimum atomic E-state index is -0.292. The maximum absolute atomic E-state index is 12.4. The minimum Gasteiger partial charge on any atom is -0.497 e. The van der Waals surface area contributed by atoms with Gasteiger partial charge in [0.05, 0.1) is 32.4 Å². The summed E-state index contributed by atoms with van der Waals surface area (Å²) in [5, 5.41) is 11.5. The van der Waals surface area contributed by atoms with E-state index in [2.05, 4.69) is 5.32 Å². The van der Waals surface area contributed by atoms with Gasteiger partial charge in [0.25, 0.3) is 0 Å². The van der Waals surface area contributed by atoms with Crippen LogP contribution in [0.5, 0.6) is 5.75 Å². The van der Waals surface area contributed by atoms with Crippen molar-refractivity contribution in [3.63, 3.8) is 0 Å². The maximum Gasteiger partial charge on any atom is 0.322 e. The van der Waals surface area contributed by atoms with Crippen LogP contribution in [0.25, 0.3) is 0 Å². The van der Waals surface area contributed by atoms with Crippen LogP contribution in [-0.2, 0) is 6.54 Å². The van der Waals surface area contributed by atoms with E-state index in [0.717, 1.165) is 0 Å². The number of amides is 2. The third kappa shape index (κ3) is 4.28. The molecule has 114 valence electrons. The Kier molecular flexibility index (Phi) is 5.44. The second kappa shape index (κ2) is 7.74. The van der Waals surface area contributed by atoms with E-state index < -0.39 is 0 Å². The Bertz CT molecular complexity index is 647. The third-order valence-electron chi connectivity index (χ3n) is 3.03. The summed E-state index contributed by atoms with van der Waals surface area (Å²) in [4.78, 5) is 13.9. The van der Waals surface area contributed by atoms with Crippen LogP contribution in [0.2, 0.25) is 0 Å². The molecule has 0 bridgehead atoms. The van der Waals surface area contributed by atoms with Gasteiger partial charge >= 0.3 is 6.03 Å². The van der Waals surface area contributed by atoms with E-state index >= 15 is 0 Å². The molecule has 2 aromatic rings. The molecule has 2 rings (SSSR count). The molecule has 0 unspecified atom stereocenters. The van der Waals surface area contributed by atoms with Crippen molar-refractivity contribution in [1.29, 1.82) is 5.26 Å². The van der Waals surface area contributed by atoms with E-state index in [-0.39, 0.29) is 12.5 Å². The van der Waals surface area contributed by atoms with Crippen molar-refractivity contribution in [2.75, 3.05) is 19.0 Å². The lowest BCUT2D eigenvalue weighted by atomic mass is 10.3. The number of nitrogens with zero attached hydrogens (tertiary/aromatic N) is 2. The van der Waals surface area contributed by atoms with Crippen LogP contribution in [0, 0.1) is 11.3 Å². The van der Waals surface area contributed by atoms with Crippen molar-refractivity contribution in [3.05, 3.63) is 48.4 Å². The number of nitrogens with one attached hydrogen (secondary N) is 1. The lowest BCUT2D eigenvalue weighted by molar-refractivity contribution is 0.205. The topological polar surface area (TPSA) is 78.5 Å². The molecule has 0 saturated heterocycles. The molecule has 1 N–H and O–H groups in total. The van der Waals surface area contributed by atoms with E-state index in [1.165, 1.54) is 4.90 Å². The fraction of sp³-hybridized carbons (Fsp3) is 0.250. The summed E-state index contributed by atoms with van der Waals surface area (Å²) >= 11 is 0. The lowest BCUT2D eigenvalue weighted by Gasteiger charge is -2.21. The molecule has 22 heavy (non-hydrogen) atoms. The number of hydrogen-bond donors (Lipinski definition) is 1. The number of urea groups is 1. The number of furan rings is 1. The number of methoxy groups -OCH3 is 1. The Labute approximate surface area is 128 Å². The summed E-state index contributed by atoms with van der Waals surface area (Å²) < 4.78 is 10.4. The smallest absolute Gasteiger partial charge is 0.322 e.